The van der Waals surface area contributed by atoms with Crippen LogP contribution in [0.15, 0.2) is 24.3 Å². The zero-order chi connectivity index (χ0) is 15.7. The summed E-state index contributed by atoms with van der Waals surface area (Å²) in [4.78, 5) is 13.9. The number of ether oxygens (including phenoxy) is 1. The van der Waals surface area contributed by atoms with Gasteiger partial charge in [0.05, 0.1) is 25.5 Å². The lowest BCUT2D eigenvalue weighted by molar-refractivity contribution is -0.132. The van der Waals surface area contributed by atoms with Gasteiger partial charge in [0.25, 0.3) is 0 Å². The first-order valence-electron chi connectivity index (χ1n) is 7.37. The number of hydrogen-bond donors (Lipinski definition) is 0. The van der Waals surface area contributed by atoms with Gasteiger partial charge in [-0.2, -0.15) is 5.26 Å². The van der Waals surface area contributed by atoms with Gasteiger partial charge >= 0.3 is 0 Å². The van der Waals surface area contributed by atoms with Crippen LogP contribution in [-0.2, 0) is 4.79 Å². The second kappa shape index (κ2) is 9.02. The fraction of sp³-hybridized carbons (Fsp3) is 0.529. The molecule has 0 spiro atoms. The molecule has 0 unspecified atom stereocenters. The Balaban J connectivity index is 2.44. The van der Waals surface area contributed by atoms with Gasteiger partial charge in [0, 0.05) is 13.1 Å². The number of benzene rings is 1. The van der Waals surface area contributed by atoms with Crippen LogP contribution in [0, 0.1) is 24.2 Å². The highest BCUT2D eigenvalue weighted by atomic mass is 16.5. The smallest absolute Gasteiger partial charge is 0.226 e. The molecule has 0 heterocycles. The van der Waals surface area contributed by atoms with Crippen LogP contribution in [0.3, 0.4) is 0 Å². The lowest BCUT2D eigenvalue weighted by Gasteiger charge is -2.23. The highest BCUT2D eigenvalue weighted by Crippen LogP contribution is 2.13. The summed E-state index contributed by atoms with van der Waals surface area (Å²) < 4.78 is 5.60. The van der Waals surface area contributed by atoms with E-state index in [1.807, 2.05) is 31.2 Å². The van der Waals surface area contributed by atoms with Crippen molar-refractivity contribution in [3.8, 4) is 11.8 Å². The number of nitriles is 1. The van der Waals surface area contributed by atoms with Crippen molar-refractivity contribution in [1.82, 2.24) is 4.90 Å². The Morgan fingerprint density at radius 3 is 2.81 bits per heavy atom. The van der Waals surface area contributed by atoms with Crippen molar-refractivity contribution in [2.45, 2.75) is 33.6 Å². The van der Waals surface area contributed by atoms with E-state index in [0.29, 0.717) is 38.5 Å². The maximum atomic E-state index is 12.2. The van der Waals surface area contributed by atoms with Crippen LogP contribution in [-0.4, -0.2) is 30.5 Å². The Hall–Kier alpha value is -2.02. The normalized spacial score (nSPS) is 10.2. The molecule has 0 aliphatic heterocycles. The summed E-state index contributed by atoms with van der Waals surface area (Å²) in [5.74, 6) is 1.23. The molecule has 0 radical (unpaired) electrons. The monoisotopic (exact) mass is 288 g/mol. The van der Waals surface area contributed by atoms with E-state index in [9.17, 15) is 4.79 Å². The molecule has 1 aromatic rings. The predicted molar refractivity (Wildman–Crippen MR) is 82.9 cm³/mol. The van der Waals surface area contributed by atoms with E-state index >= 15 is 0 Å². The first-order valence-corrected chi connectivity index (χ1v) is 7.37. The highest BCUT2D eigenvalue weighted by Gasteiger charge is 2.14. The second-order valence-corrected chi connectivity index (χ2v) is 5.56. The molecule has 0 aliphatic rings. The van der Waals surface area contributed by atoms with Crippen LogP contribution >= 0.6 is 0 Å². The van der Waals surface area contributed by atoms with Crippen molar-refractivity contribution in [2.24, 2.45) is 5.92 Å². The minimum Gasteiger partial charge on any atom is -0.493 e. The lowest BCUT2D eigenvalue weighted by Crippen LogP contribution is -2.35. The van der Waals surface area contributed by atoms with Crippen molar-refractivity contribution in [3.63, 3.8) is 0 Å². The quantitative estimate of drug-likeness (QED) is 0.738. The van der Waals surface area contributed by atoms with Crippen LogP contribution < -0.4 is 4.74 Å². The zero-order valence-electron chi connectivity index (χ0n) is 13.1. The number of nitrogens with zero attached hydrogens (tertiary/aromatic N) is 2. The predicted octanol–water partition coefficient (Wildman–Crippen LogP) is 3.16. The van der Waals surface area contributed by atoms with Crippen molar-refractivity contribution >= 4 is 5.91 Å². The average molecular weight is 288 g/mol. The Kier molecular flexibility index (Phi) is 7.31. The number of hydrogen-bond acceptors (Lipinski definition) is 3. The second-order valence-electron chi connectivity index (χ2n) is 5.56. The molecule has 114 valence electrons. The summed E-state index contributed by atoms with van der Waals surface area (Å²) in [5, 5.41) is 8.67. The Labute approximate surface area is 127 Å². The molecule has 1 amide bonds. The average Bonchev–Trinajstić information content (AvgIpc) is 2.43. The Bertz CT molecular complexity index is 492. The van der Waals surface area contributed by atoms with Gasteiger partial charge in [-0.3, -0.25) is 4.79 Å². The number of amides is 1. The molecule has 0 saturated carbocycles. The first-order chi connectivity index (χ1) is 10.0. The fourth-order valence-corrected chi connectivity index (χ4v) is 2.06. The molecular formula is C17H24N2O2. The van der Waals surface area contributed by atoms with Crippen LogP contribution in [0.25, 0.3) is 0 Å². The molecule has 4 nitrogen and oxygen atoms in total. The van der Waals surface area contributed by atoms with Crippen LogP contribution in [0.1, 0.15) is 32.3 Å². The number of rotatable bonds is 8. The molecule has 1 rings (SSSR count). The summed E-state index contributed by atoms with van der Waals surface area (Å²) in [6.07, 6.45) is 0.712. The summed E-state index contributed by atoms with van der Waals surface area (Å²) in [5.41, 5.74) is 1.13. The third-order valence-electron chi connectivity index (χ3n) is 3.01. The largest absolute Gasteiger partial charge is 0.493 e. The van der Waals surface area contributed by atoms with Gasteiger partial charge in [0.15, 0.2) is 0 Å². The van der Waals surface area contributed by atoms with Gasteiger partial charge < -0.3 is 9.64 Å². The third-order valence-corrected chi connectivity index (χ3v) is 3.01. The minimum absolute atomic E-state index is 0.0478. The molecular weight excluding hydrogens is 264 g/mol. The van der Waals surface area contributed by atoms with E-state index in [-0.39, 0.29) is 5.91 Å². The van der Waals surface area contributed by atoms with Gasteiger partial charge in [0.1, 0.15) is 5.75 Å². The minimum atomic E-state index is 0.0478. The zero-order valence-corrected chi connectivity index (χ0v) is 13.1. The molecule has 0 N–H and O–H groups in total. The van der Waals surface area contributed by atoms with E-state index in [1.165, 1.54) is 0 Å². The maximum Gasteiger partial charge on any atom is 0.226 e. The highest BCUT2D eigenvalue weighted by molar-refractivity contribution is 5.76. The molecule has 4 heteroatoms. The Morgan fingerprint density at radius 2 is 2.19 bits per heavy atom. The number of carbonyl (C=O) groups excluding carboxylic acids is 1. The number of carbonyl (C=O) groups is 1. The van der Waals surface area contributed by atoms with E-state index in [2.05, 4.69) is 19.9 Å². The van der Waals surface area contributed by atoms with Gasteiger partial charge in [0.2, 0.25) is 5.91 Å². The van der Waals surface area contributed by atoms with Crippen molar-refractivity contribution < 1.29 is 9.53 Å². The van der Waals surface area contributed by atoms with Gasteiger partial charge in [-0.15, -0.1) is 0 Å². The molecule has 1 aromatic carbocycles. The molecule has 0 aliphatic carbocycles. The van der Waals surface area contributed by atoms with Crippen LogP contribution in [0.2, 0.25) is 0 Å². The van der Waals surface area contributed by atoms with E-state index in [4.69, 9.17) is 10.00 Å². The van der Waals surface area contributed by atoms with E-state index in [0.717, 1.165) is 11.3 Å². The fourth-order valence-electron chi connectivity index (χ4n) is 2.06. The van der Waals surface area contributed by atoms with Crippen molar-refractivity contribution in [3.05, 3.63) is 29.8 Å². The first kappa shape index (κ1) is 17.0. The SMILES string of the molecule is Cc1cccc(OCCC(=O)N(CCC#N)CC(C)C)c1. The third kappa shape index (κ3) is 6.80. The topological polar surface area (TPSA) is 53.3 Å². The molecule has 21 heavy (non-hydrogen) atoms. The summed E-state index contributed by atoms with van der Waals surface area (Å²) >= 11 is 0. The molecule has 0 aromatic heterocycles. The van der Waals surface area contributed by atoms with Gasteiger partial charge in [-0.25, -0.2) is 0 Å². The van der Waals surface area contributed by atoms with Gasteiger partial charge in [-0.1, -0.05) is 26.0 Å². The maximum absolute atomic E-state index is 12.2. The summed E-state index contributed by atoms with van der Waals surface area (Å²) in [6, 6.07) is 9.87. The molecule has 0 saturated heterocycles. The van der Waals surface area contributed by atoms with E-state index < -0.39 is 0 Å². The summed E-state index contributed by atoms with van der Waals surface area (Å²) in [7, 11) is 0. The van der Waals surface area contributed by atoms with Crippen LogP contribution in [0.5, 0.6) is 5.75 Å². The van der Waals surface area contributed by atoms with Gasteiger partial charge in [-0.05, 0) is 30.5 Å². The van der Waals surface area contributed by atoms with Crippen molar-refractivity contribution in [2.75, 3.05) is 19.7 Å². The molecule has 0 atom stereocenters. The van der Waals surface area contributed by atoms with E-state index in [1.54, 1.807) is 4.90 Å². The lowest BCUT2D eigenvalue weighted by atomic mass is 10.2. The molecule has 0 fully saturated rings. The summed E-state index contributed by atoms with van der Waals surface area (Å²) in [6.45, 7) is 7.68. The molecule has 0 bridgehead atoms. The van der Waals surface area contributed by atoms with Crippen LogP contribution in [0.4, 0.5) is 0 Å². The standard InChI is InChI=1S/C17H24N2O2/c1-14(2)13-19(10-5-9-18)17(20)8-11-21-16-7-4-6-15(3)12-16/h4,6-7,12,14H,5,8,10-11,13H2,1-3H3. The Morgan fingerprint density at radius 1 is 1.43 bits per heavy atom. The van der Waals surface area contributed by atoms with Crippen molar-refractivity contribution in [1.29, 1.82) is 5.26 Å². The number of aryl methyl sites for hydroxylation is 1.